The van der Waals surface area contributed by atoms with Crippen LogP contribution in [0, 0.1) is 12.3 Å². The van der Waals surface area contributed by atoms with Gasteiger partial charge in [-0.2, -0.15) is 0 Å². The highest BCUT2D eigenvalue weighted by molar-refractivity contribution is 9.10. The van der Waals surface area contributed by atoms with Gasteiger partial charge >= 0.3 is 0 Å². The molecule has 124 valence electrons. The number of benzene rings is 1. The van der Waals surface area contributed by atoms with E-state index in [0.717, 1.165) is 21.3 Å². The zero-order chi connectivity index (χ0) is 17.2. The Labute approximate surface area is 149 Å². The van der Waals surface area contributed by atoms with E-state index in [0.29, 0.717) is 19.4 Å². The molecule has 0 atom stereocenters. The van der Waals surface area contributed by atoms with Gasteiger partial charge in [-0.15, -0.1) is 0 Å². The van der Waals surface area contributed by atoms with Crippen molar-refractivity contribution in [2.45, 2.75) is 26.3 Å². The summed E-state index contributed by atoms with van der Waals surface area (Å²) in [5.41, 5.74) is 1.70. The Kier molecular flexibility index (Phi) is 4.66. The van der Waals surface area contributed by atoms with Crippen molar-refractivity contribution in [2.75, 3.05) is 5.32 Å². The predicted octanol–water partition coefficient (Wildman–Crippen LogP) is 3.19. The van der Waals surface area contributed by atoms with Crippen molar-refractivity contribution in [3.63, 3.8) is 0 Å². The van der Waals surface area contributed by atoms with Crippen LogP contribution >= 0.6 is 15.9 Å². The molecule has 2 amide bonds. The molecule has 1 saturated carbocycles. The maximum Gasteiger partial charge on any atom is 0.240 e. The van der Waals surface area contributed by atoms with Crippen LogP contribution in [0.15, 0.2) is 47.2 Å². The number of hydrogen-bond donors (Lipinski definition) is 2. The number of carbonyl (C=O) groups is 2. The van der Waals surface area contributed by atoms with Gasteiger partial charge in [-0.25, -0.2) is 0 Å². The molecule has 24 heavy (non-hydrogen) atoms. The van der Waals surface area contributed by atoms with Crippen LogP contribution in [0.5, 0.6) is 0 Å². The first-order chi connectivity index (χ1) is 11.5. The molecule has 5 nitrogen and oxygen atoms in total. The van der Waals surface area contributed by atoms with Crippen molar-refractivity contribution in [3.8, 4) is 0 Å². The molecule has 1 aliphatic rings. The zero-order valence-electron chi connectivity index (χ0n) is 13.3. The van der Waals surface area contributed by atoms with Crippen LogP contribution in [-0.4, -0.2) is 16.8 Å². The van der Waals surface area contributed by atoms with Crippen LogP contribution in [0.2, 0.25) is 0 Å². The molecule has 0 saturated heterocycles. The first kappa shape index (κ1) is 16.6. The highest BCUT2D eigenvalue weighted by Gasteiger charge is 2.56. The average Bonchev–Trinajstić information content (AvgIpc) is 3.38. The Morgan fingerprint density at radius 1 is 1.17 bits per heavy atom. The van der Waals surface area contributed by atoms with Crippen molar-refractivity contribution in [1.29, 1.82) is 0 Å². The van der Waals surface area contributed by atoms with E-state index in [4.69, 9.17) is 0 Å². The summed E-state index contributed by atoms with van der Waals surface area (Å²) >= 11 is 3.40. The van der Waals surface area contributed by atoms with Gasteiger partial charge in [0.2, 0.25) is 11.8 Å². The van der Waals surface area contributed by atoms with Gasteiger partial charge in [-0.3, -0.25) is 14.6 Å². The Bertz CT molecular complexity index is 773. The third-order valence-electron chi connectivity index (χ3n) is 4.26. The molecule has 0 bridgehead atoms. The van der Waals surface area contributed by atoms with Gasteiger partial charge in [0.1, 0.15) is 5.41 Å². The fraction of sp³-hybridized carbons (Fsp3) is 0.278. The maximum atomic E-state index is 12.6. The van der Waals surface area contributed by atoms with Crippen LogP contribution in [-0.2, 0) is 16.1 Å². The first-order valence-corrected chi connectivity index (χ1v) is 8.55. The lowest BCUT2D eigenvalue weighted by atomic mass is 10.0. The van der Waals surface area contributed by atoms with Gasteiger partial charge in [0.15, 0.2) is 0 Å². The SMILES string of the molecule is Cc1cc(Br)ccc1NC(=O)C1(C(=O)NCc2ccncc2)CC1. The van der Waals surface area contributed by atoms with Gasteiger partial charge in [-0.05, 0) is 61.2 Å². The number of pyridine rings is 1. The molecule has 2 N–H and O–H groups in total. The number of anilines is 1. The number of hydrogen-bond acceptors (Lipinski definition) is 3. The lowest BCUT2D eigenvalue weighted by molar-refractivity contribution is -0.134. The summed E-state index contributed by atoms with van der Waals surface area (Å²) < 4.78 is 0.953. The van der Waals surface area contributed by atoms with E-state index in [1.54, 1.807) is 12.4 Å². The second-order valence-corrected chi connectivity index (χ2v) is 6.95. The fourth-order valence-electron chi connectivity index (χ4n) is 2.54. The van der Waals surface area contributed by atoms with Crippen LogP contribution in [0.1, 0.15) is 24.0 Å². The molecule has 1 aliphatic carbocycles. The number of rotatable bonds is 5. The molecule has 1 fully saturated rings. The van der Waals surface area contributed by atoms with E-state index in [1.807, 2.05) is 37.3 Å². The first-order valence-electron chi connectivity index (χ1n) is 7.76. The van der Waals surface area contributed by atoms with Crippen molar-refractivity contribution >= 4 is 33.4 Å². The third-order valence-corrected chi connectivity index (χ3v) is 4.75. The van der Waals surface area contributed by atoms with E-state index < -0.39 is 5.41 Å². The number of amides is 2. The lowest BCUT2D eigenvalue weighted by Crippen LogP contribution is -2.39. The summed E-state index contributed by atoms with van der Waals surface area (Å²) in [5, 5.41) is 5.75. The van der Waals surface area contributed by atoms with E-state index in [-0.39, 0.29) is 11.8 Å². The summed E-state index contributed by atoms with van der Waals surface area (Å²) in [7, 11) is 0. The van der Waals surface area contributed by atoms with Gasteiger partial charge in [0.05, 0.1) is 0 Å². The minimum absolute atomic E-state index is 0.216. The summed E-state index contributed by atoms with van der Waals surface area (Å²) in [6, 6.07) is 9.31. The van der Waals surface area contributed by atoms with E-state index in [2.05, 4.69) is 31.5 Å². The van der Waals surface area contributed by atoms with Gasteiger partial charge in [-0.1, -0.05) is 15.9 Å². The minimum Gasteiger partial charge on any atom is -0.351 e. The van der Waals surface area contributed by atoms with Gasteiger partial charge < -0.3 is 10.6 Å². The summed E-state index contributed by atoms with van der Waals surface area (Å²) in [6.07, 6.45) is 4.52. The molecule has 0 unspecified atom stereocenters. The van der Waals surface area contributed by atoms with Gasteiger partial charge in [0, 0.05) is 29.1 Å². The molecular formula is C18H18BrN3O2. The second kappa shape index (κ2) is 6.73. The molecular weight excluding hydrogens is 370 g/mol. The normalized spacial score (nSPS) is 14.8. The van der Waals surface area contributed by atoms with Gasteiger partial charge in [0.25, 0.3) is 0 Å². The third kappa shape index (κ3) is 3.48. The molecule has 1 aromatic heterocycles. The number of halogens is 1. The van der Waals surface area contributed by atoms with E-state index >= 15 is 0 Å². The summed E-state index contributed by atoms with van der Waals surface area (Å²) in [5.74, 6) is -0.452. The fourth-order valence-corrected chi connectivity index (χ4v) is 3.02. The summed E-state index contributed by atoms with van der Waals surface area (Å²) in [4.78, 5) is 29.0. The van der Waals surface area contributed by atoms with E-state index in [1.165, 1.54) is 0 Å². The molecule has 6 heteroatoms. The number of aryl methyl sites for hydroxylation is 1. The van der Waals surface area contributed by atoms with Crippen molar-refractivity contribution in [1.82, 2.24) is 10.3 Å². The quantitative estimate of drug-likeness (QED) is 0.773. The van der Waals surface area contributed by atoms with Crippen molar-refractivity contribution < 1.29 is 9.59 Å². The molecule has 2 aromatic rings. The van der Waals surface area contributed by atoms with Crippen molar-refractivity contribution in [3.05, 3.63) is 58.3 Å². The number of nitrogens with zero attached hydrogens (tertiary/aromatic N) is 1. The van der Waals surface area contributed by atoms with Crippen LogP contribution < -0.4 is 10.6 Å². The maximum absolute atomic E-state index is 12.6. The Morgan fingerprint density at radius 3 is 2.50 bits per heavy atom. The monoisotopic (exact) mass is 387 g/mol. The molecule has 3 rings (SSSR count). The minimum atomic E-state index is -0.938. The molecule has 1 heterocycles. The smallest absolute Gasteiger partial charge is 0.240 e. The number of aromatic nitrogens is 1. The average molecular weight is 388 g/mol. The van der Waals surface area contributed by atoms with E-state index in [9.17, 15) is 9.59 Å². The van der Waals surface area contributed by atoms with Crippen LogP contribution in [0.25, 0.3) is 0 Å². The highest BCUT2D eigenvalue weighted by Crippen LogP contribution is 2.47. The van der Waals surface area contributed by atoms with Crippen molar-refractivity contribution in [2.24, 2.45) is 5.41 Å². The number of carbonyl (C=O) groups excluding carboxylic acids is 2. The summed E-state index contributed by atoms with van der Waals surface area (Å²) in [6.45, 7) is 2.32. The number of nitrogens with one attached hydrogen (secondary N) is 2. The van der Waals surface area contributed by atoms with Crippen LogP contribution in [0.4, 0.5) is 5.69 Å². The second-order valence-electron chi connectivity index (χ2n) is 6.03. The Morgan fingerprint density at radius 2 is 1.88 bits per heavy atom. The molecule has 0 aliphatic heterocycles. The Hall–Kier alpha value is -2.21. The molecule has 1 aromatic carbocycles. The molecule has 0 spiro atoms. The highest BCUT2D eigenvalue weighted by atomic mass is 79.9. The lowest BCUT2D eigenvalue weighted by Gasteiger charge is -2.16. The topological polar surface area (TPSA) is 71.1 Å². The standard InChI is InChI=1S/C18H18BrN3O2/c1-12-10-14(19)2-3-15(12)22-17(24)18(6-7-18)16(23)21-11-13-4-8-20-9-5-13/h2-5,8-10H,6-7,11H2,1H3,(H,21,23)(H,22,24). The zero-order valence-corrected chi connectivity index (χ0v) is 14.9. The largest absolute Gasteiger partial charge is 0.351 e. The van der Waals surface area contributed by atoms with Crippen LogP contribution in [0.3, 0.4) is 0 Å². The Balaban J connectivity index is 1.64. The predicted molar refractivity (Wildman–Crippen MR) is 95.3 cm³/mol. The molecule has 0 radical (unpaired) electrons.